The molecule has 11 heteroatoms. The van der Waals surface area contributed by atoms with Gasteiger partial charge in [0.2, 0.25) is 10.0 Å². The summed E-state index contributed by atoms with van der Waals surface area (Å²) in [4.78, 5) is 12.9. The highest BCUT2D eigenvalue weighted by Gasteiger charge is 2.30. The van der Waals surface area contributed by atoms with Gasteiger partial charge >= 0.3 is 5.97 Å². The first-order valence-corrected chi connectivity index (χ1v) is 15.6. The van der Waals surface area contributed by atoms with E-state index in [-0.39, 0.29) is 28.5 Å². The highest BCUT2D eigenvalue weighted by atomic mass is 32.2. The van der Waals surface area contributed by atoms with E-state index < -0.39 is 26.0 Å². The molecule has 1 N–H and O–H groups in total. The van der Waals surface area contributed by atoms with Gasteiger partial charge in [0.15, 0.2) is 0 Å². The molecule has 0 amide bonds. The molecule has 3 aromatic carbocycles. The zero-order valence-corrected chi connectivity index (χ0v) is 23.1. The van der Waals surface area contributed by atoms with Crippen LogP contribution in [0.1, 0.15) is 46.3 Å². The van der Waals surface area contributed by atoms with Crippen LogP contribution in [0.25, 0.3) is 0 Å². The van der Waals surface area contributed by atoms with Crippen LogP contribution in [-0.2, 0) is 24.8 Å². The number of nitrogens with one attached hydrogen (secondary N) is 1. The minimum Gasteiger partial charge on any atom is -0.460 e. The fraction of sp³-hybridized carbons (Fsp3) is 0.286. The Morgan fingerprint density at radius 2 is 1.69 bits per heavy atom. The Labute approximate surface area is 228 Å². The number of carbonyl (C=O) groups excluding carboxylic acids is 1. The topological polar surface area (TPSA) is 122 Å². The summed E-state index contributed by atoms with van der Waals surface area (Å²) in [5, 5.41) is 3.21. The molecule has 0 saturated carbocycles. The van der Waals surface area contributed by atoms with Crippen LogP contribution in [-0.4, -0.2) is 59.1 Å². The molecular weight excluding hydrogens is 538 g/mol. The fourth-order valence-corrected chi connectivity index (χ4v) is 7.48. The SMILES string of the molecule is Cc1ccc(NCCOC(=O)c2ccc(S(=O)(=O)N3CCCCC3)cc2)c(C2=NS(=O)(=O)c3ccccc32)c1. The quantitative estimate of drug-likeness (QED) is 0.323. The normalized spacial score (nSPS) is 16.8. The van der Waals surface area contributed by atoms with E-state index in [4.69, 9.17) is 4.74 Å². The summed E-state index contributed by atoms with van der Waals surface area (Å²) in [6.07, 6.45) is 2.73. The van der Waals surface area contributed by atoms with E-state index in [0.29, 0.717) is 35.6 Å². The van der Waals surface area contributed by atoms with E-state index in [1.54, 1.807) is 24.3 Å². The second kappa shape index (κ2) is 10.9. The van der Waals surface area contributed by atoms with Crippen LogP contribution in [0, 0.1) is 6.92 Å². The lowest BCUT2D eigenvalue weighted by atomic mass is 9.99. The van der Waals surface area contributed by atoms with Gasteiger partial charge in [0.05, 0.1) is 21.1 Å². The molecule has 3 aromatic rings. The maximum atomic E-state index is 12.8. The van der Waals surface area contributed by atoms with Gasteiger partial charge in [0, 0.05) is 36.4 Å². The van der Waals surface area contributed by atoms with Gasteiger partial charge in [-0.2, -0.15) is 17.1 Å². The Hall–Kier alpha value is -3.54. The van der Waals surface area contributed by atoms with Gasteiger partial charge in [-0.1, -0.05) is 36.2 Å². The number of sulfonamides is 2. The third-order valence-electron chi connectivity index (χ3n) is 6.76. The summed E-state index contributed by atoms with van der Waals surface area (Å²) in [6, 6.07) is 18.1. The third-order valence-corrected chi connectivity index (χ3v) is 10.0. The van der Waals surface area contributed by atoms with Crippen molar-refractivity contribution >= 4 is 37.4 Å². The Balaban J connectivity index is 1.22. The molecule has 0 bridgehead atoms. The molecule has 0 atom stereocenters. The number of fused-ring (bicyclic) bond motifs is 1. The number of aryl methyl sites for hydroxylation is 1. The molecule has 0 spiro atoms. The standard InChI is InChI=1S/C28H29N3O6S2/c1-20-9-14-25(24(19-20)27-23-7-3-4-8-26(23)38(33,34)30-27)29-15-18-37-28(32)21-10-12-22(13-11-21)39(35,36)31-16-5-2-6-17-31/h3-4,7-14,19,29H,2,5-6,15-18H2,1H3. The predicted molar refractivity (Wildman–Crippen MR) is 148 cm³/mol. The van der Waals surface area contributed by atoms with Crippen molar-refractivity contribution in [2.45, 2.75) is 36.0 Å². The number of nitrogens with zero attached hydrogens (tertiary/aromatic N) is 2. The van der Waals surface area contributed by atoms with Gasteiger partial charge in [0.1, 0.15) is 6.61 Å². The minimum atomic E-state index is -3.77. The van der Waals surface area contributed by atoms with E-state index >= 15 is 0 Å². The van der Waals surface area contributed by atoms with Crippen LogP contribution < -0.4 is 5.32 Å². The molecule has 0 aromatic heterocycles. The number of ether oxygens (including phenoxy) is 1. The van der Waals surface area contributed by atoms with Crippen molar-refractivity contribution in [1.82, 2.24) is 4.31 Å². The molecule has 39 heavy (non-hydrogen) atoms. The molecule has 0 aliphatic carbocycles. The number of hydrogen-bond acceptors (Lipinski definition) is 7. The molecule has 5 rings (SSSR count). The molecular formula is C28H29N3O6S2. The van der Waals surface area contributed by atoms with E-state index in [2.05, 4.69) is 9.71 Å². The van der Waals surface area contributed by atoms with Gasteiger partial charge in [-0.15, -0.1) is 0 Å². The third kappa shape index (κ3) is 5.61. The Morgan fingerprint density at radius 3 is 2.44 bits per heavy atom. The van der Waals surface area contributed by atoms with Crippen molar-refractivity contribution in [3.8, 4) is 0 Å². The first-order valence-electron chi connectivity index (χ1n) is 12.7. The molecule has 1 saturated heterocycles. The van der Waals surface area contributed by atoms with Crippen LogP contribution in [0.4, 0.5) is 5.69 Å². The molecule has 9 nitrogen and oxygen atoms in total. The van der Waals surface area contributed by atoms with Crippen molar-refractivity contribution < 1.29 is 26.4 Å². The summed E-state index contributed by atoms with van der Waals surface area (Å²) >= 11 is 0. The molecule has 204 valence electrons. The van der Waals surface area contributed by atoms with Crippen molar-refractivity contribution in [1.29, 1.82) is 0 Å². The lowest BCUT2D eigenvalue weighted by Crippen LogP contribution is -2.35. The van der Waals surface area contributed by atoms with Crippen LogP contribution in [0.3, 0.4) is 0 Å². The number of carbonyl (C=O) groups is 1. The Morgan fingerprint density at radius 1 is 0.974 bits per heavy atom. The zero-order valence-electron chi connectivity index (χ0n) is 21.5. The number of benzene rings is 3. The Bertz CT molecular complexity index is 1640. The van der Waals surface area contributed by atoms with Gasteiger partial charge in [-0.05, 0) is 62.2 Å². The van der Waals surface area contributed by atoms with Crippen molar-refractivity contribution in [3.63, 3.8) is 0 Å². The van der Waals surface area contributed by atoms with Gasteiger partial charge in [-0.25, -0.2) is 13.2 Å². The average molecular weight is 568 g/mol. The second-order valence-electron chi connectivity index (χ2n) is 9.51. The second-order valence-corrected chi connectivity index (χ2v) is 13.0. The van der Waals surface area contributed by atoms with Crippen LogP contribution >= 0.6 is 0 Å². The summed E-state index contributed by atoms with van der Waals surface area (Å²) in [5.74, 6) is -0.567. The zero-order chi connectivity index (χ0) is 27.6. The lowest BCUT2D eigenvalue weighted by Gasteiger charge is -2.25. The van der Waals surface area contributed by atoms with Crippen molar-refractivity contribution in [3.05, 3.63) is 89.0 Å². The summed E-state index contributed by atoms with van der Waals surface area (Å²) in [6.45, 7) is 3.25. The lowest BCUT2D eigenvalue weighted by molar-refractivity contribution is 0.0520. The monoisotopic (exact) mass is 567 g/mol. The van der Waals surface area contributed by atoms with Crippen LogP contribution in [0.5, 0.6) is 0 Å². The number of esters is 1. The predicted octanol–water partition coefficient (Wildman–Crippen LogP) is 3.98. The maximum absolute atomic E-state index is 12.8. The van der Waals surface area contributed by atoms with Crippen molar-refractivity contribution in [2.24, 2.45) is 4.40 Å². The summed E-state index contributed by atoms with van der Waals surface area (Å²) in [5.41, 5.74) is 3.41. The first-order chi connectivity index (χ1) is 18.7. The summed E-state index contributed by atoms with van der Waals surface area (Å²) in [7, 11) is -7.34. The first kappa shape index (κ1) is 27.0. The molecule has 0 unspecified atom stereocenters. The van der Waals surface area contributed by atoms with E-state index in [1.807, 2.05) is 25.1 Å². The van der Waals surface area contributed by atoms with E-state index in [0.717, 1.165) is 24.8 Å². The highest BCUT2D eigenvalue weighted by molar-refractivity contribution is 7.90. The highest BCUT2D eigenvalue weighted by Crippen LogP contribution is 2.32. The maximum Gasteiger partial charge on any atom is 0.338 e. The summed E-state index contributed by atoms with van der Waals surface area (Å²) < 4.78 is 61.7. The Kier molecular flexibility index (Phi) is 7.57. The molecule has 0 radical (unpaired) electrons. The number of piperidine rings is 1. The number of anilines is 1. The van der Waals surface area contributed by atoms with E-state index in [1.165, 1.54) is 28.6 Å². The average Bonchev–Trinajstić information content (AvgIpc) is 3.22. The van der Waals surface area contributed by atoms with Crippen LogP contribution in [0.2, 0.25) is 0 Å². The van der Waals surface area contributed by atoms with Gasteiger partial charge in [0.25, 0.3) is 10.0 Å². The molecule has 2 aliphatic rings. The molecule has 2 heterocycles. The largest absolute Gasteiger partial charge is 0.460 e. The smallest absolute Gasteiger partial charge is 0.338 e. The van der Waals surface area contributed by atoms with Crippen molar-refractivity contribution in [2.75, 3.05) is 31.6 Å². The van der Waals surface area contributed by atoms with Gasteiger partial charge in [-0.3, -0.25) is 0 Å². The number of hydrogen-bond donors (Lipinski definition) is 1. The minimum absolute atomic E-state index is 0.0430. The number of rotatable bonds is 8. The van der Waals surface area contributed by atoms with E-state index in [9.17, 15) is 21.6 Å². The van der Waals surface area contributed by atoms with Crippen LogP contribution in [0.15, 0.2) is 80.9 Å². The molecule has 1 fully saturated rings. The van der Waals surface area contributed by atoms with Gasteiger partial charge < -0.3 is 10.1 Å². The molecule has 2 aliphatic heterocycles. The fourth-order valence-electron chi connectivity index (χ4n) is 4.74.